The van der Waals surface area contributed by atoms with Gasteiger partial charge in [-0.2, -0.15) is 4.52 Å². The van der Waals surface area contributed by atoms with Crippen LogP contribution in [0.15, 0.2) is 29.6 Å². The largest absolute Gasteiger partial charge is 0.494 e. The van der Waals surface area contributed by atoms with Gasteiger partial charge in [-0.05, 0) is 57.2 Å². The molecule has 2 aromatic heterocycles. The topological polar surface area (TPSA) is 74.7 Å². The number of hydrogen-bond donors (Lipinski definition) is 2. The number of methoxy groups -OCH3 is 1. The zero-order valence-corrected chi connectivity index (χ0v) is 23.8. The number of nitrogens with one attached hydrogen (secondary N) is 2. The zero-order valence-electron chi connectivity index (χ0n) is 23.8. The molecule has 0 aliphatic heterocycles. The van der Waals surface area contributed by atoms with Crippen LogP contribution in [0.2, 0.25) is 0 Å². The zero-order chi connectivity index (χ0) is 27.1. The molecule has 0 fully saturated rings. The number of nitrogens with zero attached hydrogens (tertiary/aromatic N) is 3. The summed E-state index contributed by atoms with van der Waals surface area (Å²) >= 11 is 0. The summed E-state index contributed by atoms with van der Waals surface area (Å²) < 4.78 is 7.33. The highest BCUT2D eigenvalue weighted by Crippen LogP contribution is 2.36. The van der Waals surface area contributed by atoms with Gasteiger partial charge in [0.15, 0.2) is 5.65 Å². The molecule has 2 heterocycles. The summed E-state index contributed by atoms with van der Waals surface area (Å²) in [4.78, 5) is 21.1. The van der Waals surface area contributed by atoms with Gasteiger partial charge >= 0.3 is 0 Å². The Morgan fingerprint density at radius 3 is 2.46 bits per heavy atom. The summed E-state index contributed by atoms with van der Waals surface area (Å²) in [6.45, 7) is 18.6. The number of ether oxygens (including phenoxy) is 1. The normalized spacial score (nSPS) is 11.4. The van der Waals surface area contributed by atoms with Crippen LogP contribution in [0.25, 0.3) is 11.2 Å². The SMILES string of the molecule is C=C(C)c1[nH]n2c(=O)c(CCCCCCC)c(C(C)C)nc2c1Nc1ccc(N(CC)CC)cc1OC. The van der Waals surface area contributed by atoms with Crippen molar-refractivity contribution in [2.24, 2.45) is 0 Å². The van der Waals surface area contributed by atoms with E-state index in [0.29, 0.717) is 5.65 Å². The summed E-state index contributed by atoms with van der Waals surface area (Å²) in [6.07, 6.45) is 6.52. The number of anilines is 3. The Morgan fingerprint density at radius 2 is 1.86 bits per heavy atom. The van der Waals surface area contributed by atoms with E-state index in [1.807, 2.05) is 19.1 Å². The second kappa shape index (κ2) is 12.8. The number of unbranched alkanes of at least 4 members (excludes halogenated alkanes) is 4. The van der Waals surface area contributed by atoms with Crippen LogP contribution in [0.5, 0.6) is 5.75 Å². The van der Waals surface area contributed by atoms with E-state index in [-0.39, 0.29) is 11.5 Å². The Balaban J connectivity index is 2.10. The van der Waals surface area contributed by atoms with Gasteiger partial charge in [-0.1, -0.05) is 53.0 Å². The molecule has 2 N–H and O–H groups in total. The maximum absolute atomic E-state index is 13.7. The number of H-pyrrole nitrogens is 1. The lowest BCUT2D eigenvalue weighted by atomic mass is 9.99. The van der Waals surface area contributed by atoms with Gasteiger partial charge in [-0.3, -0.25) is 9.89 Å². The lowest BCUT2D eigenvalue weighted by Gasteiger charge is -2.22. The van der Waals surface area contributed by atoms with Crippen LogP contribution in [0.4, 0.5) is 17.1 Å². The predicted molar refractivity (Wildman–Crippen MR) is 157 cm³/mol. The second-order valence-electron chi connectivity index (χ2n) is 10.1. The Morgan fingerprint density at radius 1 is 1.16 bits per heavy atom. The first-order chi connectivity index (χ1) is 17.8. The highest BCUT2D eigenvalue weighted by molar-refractivity contribution is 5.86. The standard InChI is InChI=1S/C30H45N5O2/c1-9-12-13-14-15-16-23-26(20(4)5)32-29-28(27(21(6)7)33-35(29)30(23)36)31-24-18-17-22(19-25(24)37-8)34(10-2)11-3/h17-20,31,33H,6,9-16H2,1-5,7-8H3. The van der Waals surface area contributed by atoms with E-state index in [0.717, 1.165) is 77.7 Å². The molecule has 7 nitrogen and oxygen atoms in total. The number of aromatic amines is 1. The van der Waals surface area contributed by atoms with E-state index >= 15 is 0 Å². The molecule has 0 bridgehead atoms. The lowest BCUT2D eigenvalue weighted by molar-refractivity contribution is 0.417. The number of allylic oxidation sites excluding steroid dienone is 1. The third-order valence-electron chi connectivity index (χ3n) is 6.98. The highest BCUT2D eigenvalue weighted by atomic mass is 16.5. The quantitative estimate of drug-likeness (QED) is 0.224. The average Bonchev–Trinajstić information content (AvgIpc) is 3.25. The molecule has 3 rings (SSSR count). The Hall–Kier alpha value is -3.22. The van der Waals surface area contributed by atoms with Crippen molar-refractivity contribution < 1.29 is 4.74 Å². The van der Waals surface area contributed by atoms with Crippen LogP contribution in [-0.2, 0) is 6.42 Å². The van der Waals surface area contributed by atoms with Gasteiger partial charge in [-0.15, -0.1) is 0 Å². The van der Waals surface area contributed by atoms with E-state index in [1.54, 1.807) is 11.6 Å². The minimum atomic E-state index is -0.0245. The molecular weight excluding hydrogens is 462 g/mol. The lowest BCUT2D eigenvalue weighted by Crippen LogP contribution is -2.23. The second-order valence-corrected chi connectivity index (χ2v) is 10.1. The molecule has 7 heteroatoms. The van der Waals surface area contributed by atoms with Crippen molar-refractivity contribution in [2.45, 2.75) is 86.0 Å². The smallest absolute Gasteiger partial charge is 0.276 e. The van der Waals surface area contributed by atoms with Crippen molar-refractivity contribution in [1.29, 1.82) is 0 Å². The van der Waals surface area contributed by atoms with E-state index in [1.165, 1.54) is 19.3 Å². The maximum Gasteiger partial charge on any atom is 0.276 e. The van der Waals surface area contributed by atoms with E-state index in [9.17, 15) is 4.79 Å². The van der Waals surface area contributed by atoms with Crippen LogP contribution < -0.4 is 20.5 Å². The van der Waals surface area contributed by atoms with Crippen molar-refractivity contribution >= 4 is 28.3 Å². The predicted octanol–water partition coefficient (Wildman–Crippen LogP) is 7.29. The van der Waals surface area contributed by atoms with Crippen molar-refractivity contribution in [3.8, 4) is 5.75 Å². The van der Waals surface area contributed by atoms with Gasteiger partial charge in [0.1, 0.15) is 11.4 Å². The molecule has 202 valence electrons. The number of fused-ring (bicyclic) bond motifs is 1. The van der Waals surface area contributed by atoms with Crippen molar-refractivity contribution in [1.82, 2.24) is 14.6 Å². The Kier molecular flexibility index (Phi) is 9.84. The molecule has 37 heavy (non-hydrogen) atoms. The van der Waals surface area contributed by atoms with E-state index < -0.39 is 0 Å². The summed E-state index contributed by atoms with van der Waals surface area (Å²) in [5, 5.41) is 6.81. The first-order valence-electron chi connectivity index (χ1n) is 13.8. The number of rotatable bonds is 14. The molecule has 0 atom stereocenters. The average molecular weight is 508 g/mol. The van der Waals surface area contributed by atoms with Gasteiger partial charge in [-0.25, -0.2) is 4.98 Å². The third-order valence-corrected chi connectivity index (χ3v) is 6.98. The first kappa shape index (κ1) is 28.4. The maximum atomic E-state index is 13.7. The highest BCUT2D eigenvalue weighted by Gasteiger charge is 2.22. The summed E-state index contributed by atoms with van der Waals surface area (Å²) in [6, 6.07) is 6.15. The van der Waals surface area contributed by atoms with Crippen LogP contribution in [0.1, 0.15) is 96.5 Å². The number of aromatic nitrogens is 3. The molecule has 0 unspecified atom stereocenters. The van der Waals surface area contributed by atoms with Gasteiger partial charge < -0.3 is 15.0 Å². The fourth-order valence-corrected chi connectivity index (χ4v) is 4.87. The van der Waals surface area contributed by atoms with Crippen molar-refractivity contribution in [2.75, 3.05) is 30.4 Å². The molecular formula is C30H45N5O2. The minimum Gasteiger partial charge on any atom is -0.494 e. The van der Waals surface area contributed by atoms with Crippen molar-refractivity contribution in [3.63, 3.8) is 0 Å². The molecule has 0 radical (unpaired) electrons. The molecule has 0 aliphatic carbocycles. The Labute approximate surface area is 221 Å². The van der Waals surface area contributed by atoms with Crippen molar-refractivity contribution in [3.05, 3.63) is 52.1 Å². The van der Waals surface area contributed by atoms with Crippen LogP contribution in [0.3, 0.4) is 0 Å². The molecule has 0 saturated carbocycles. The first-order valence-corrected chi connectivity index (χ1v) is 13.8. The van der Waals surface area contributed by atoms with Crippen LogP contribution in [-0.4, -0.2) is 34.8 Å². The molecule has 0 aliphatic rings. The molecule has 0 amide bonds. The Bertz CT molecular complexity index is 1270. The number of benzene rings is 1. The van der Waals surface area contributed by atoms with Gasteiger partial charge in [0.2, 0.25) is 0 Å². The third kappa shape index (κ3) is 6.20. The molecule has 1 aromatic carbocycles. The molecule has 3 aromatic rings. The summed E-state index contributed by atoms with van der Waals surface area (Å²) in [5.41, 5.74) is 6.46. The van der Waals surface area contributed by atoms with Gasteiger partial charge in [0.05, 0.1) is 24.2 Å². The van der Waals surface area contributed by atoms with Gasteiger partial charge in [0.25, 0.3) is 5.56 Å². The molecule has 0 spiro atoms. The summed E-state index contributed by atoms with van der Waals surface area (Å²) in [5.74, 6) is 0.869. The summed E-state index contributed by atoms with van der Waals surface area (Å²) in [7, 11) is 1.67. The van der Waals surface area contributed by atoms with Crippen LogP contribution >= 0.6 is 0 Å². The van der Waals surface area contributed by atoms with Crippen LogP contribution in [0, 0.1) is 0 Å². The number of hydrogen-bond acceptors (Lipinski definition) is 5. The monoisotopic (exact) mass is 507 g/mol. The fraction of sp³-hybridized carbons (Fsp3) is 0.533. The fourth-order valence-electron chi connectivity index (χ4n) is 4.87. The molecule has 0 saturated heterocycles. The van der Waals surface area contributed by atoms with Gasteiger partial charge in [0, 0.05) is 30.4 Å². The van der Waals surface area contributed by atoms with E-state index in [2.05, 4.69) is 62.6 Å². The van der Waals surface area contributed by atoms with E-state index in [4.69, 9.17) is 9.72 Å². The minimum absolute atomic E-state index is 0.0245.